The Bertz CT molecular complexity index is 403. The number of halogens is 2. The number of aromatic nitrogens is 2. The Morgan fingerprint density at radius 3 is 2.83 bits per heavy atom. The third-order valence-corrected chi connectivity index (χ3v) is 5.06. The number of likely N-dealkylation sites (tertiary alicyclic amines) is 1. The molecular formula is C13H21BrClN3. The molecule has 0 radical (unpaired) electrons. The zero-order valence-electron chi connectivity index (χ0n) is 11.1. The zero-order valence-corrected chi connectivity index (χ0v) is 13.5. The maximum absolute atomic E-state index is 5.92. The van der Waals surface area contributed by atoms with Gasteiger partial charge in [0.1, 0.15) is 0 Å². The van der Waals surface area contributed by atoms with Crippen LogP contribution in [0.2, 0.25) is 0 Å². The molecule has 0 amide bonds. The largest absolute Gasteiger partial charge is 0.294 e. The van der Waals surface area contributed by atoms with Gasteiger partial charge in [0, 0.05) is 25.5 Å². The first kappa shape index (κ1) is 14.4. The second kappa shape index (κ2) is 6.40. The maximum Gasteiger partial charge on any atom is 0.0739 e. The van der Waals surface area contributed by atoms with Crippen molar-refractivity contribution in [1.82, 2.24) is 14.7 Å². The van der Waals surface area contributed by atoms with Gasteiger partial charge in [0.25, 0.3) is 0 Å². The van der Waals surface area contributed by atoms with Crippen molar-refractivity contribution in [2.45, 2.75) is 45.2 Å². The monoisotopic (exact) mass is 333 g/mol. The van der Waals surface area contributed by atoms with Gasteiger partial charge in [-0.2, -0.15) is 5.10 Å². The molecule has 1 aliphatic heterocycles. The van der Waals surface area contributed by atoms with E-state index in [1.54, 1.807) is 0 Å². The lowest BCUT2D eigenvalue weighted by Crippen LogP contribution is -2.39. The van der Waals surface area contributed by atoms with Crippen molar-refractivity contribution in [2.75, 3.05) is 12.4 Å². The molecule has 1 atom stereocenters. The van der Waals surface area contributed by atoms with Crippen molar-refractivity contribution in [3.05, 3.63) is 15.9 Å². The molecule has 0 aliphatic carbocycles. The van der Waals surface area contributed by atoms with E-state index in [0.717, 1.165) is 29.0 Å². The molecule has 0 saturated carbocycles. The molecule has 1 aliphatic rings. The second-order valence-corrected chi connectivity index (χ2v) is 6.24. The Labute approximate surface area is 123 Å². The van der Waals surface area contributed by atoms with Crippen LogP contribution in [0.3, 0.4) is 0 Å². The molecule has 5 heteroatoms. The summed E-state index contributed by atoms with van der Waals surface area (Å²) in [5, 5.41) is 4.46. The molecule has 1 fully saturated rings. The summed E-state index contributed by atoms with van der Waals surface area (Å²) in [6.07, 6.45) is 5.01. The molecule has 1 aromatic heterocycles. The number of hydrogen-bond acceptors (Lipinski definition) is 2. The summed E-state index contributed by atoms with van der Waals surface area (Å²) in [5.74, 6) is 0.757. The number of nitrogens with zero attached hydrogens (tertiary/aromatic N) is 3. The summed E-state index contributed by atoms with van der Waals surface area (Å²) in [6.45, 7) is 4.19. The first-order valence-corrected chi connectivity index (χ1v) is 7.94. The Morgan fingerprint density at radius 1 is 1.44 bits per heavy atom. The highest BCUT2D eigenvalue weighted by Gasteiger charge is 2.24. The van der Waals surface area contributed by atoms with E-state index in [1.807, 2.05) is 18.7 Å². The minimum Gasteiger partial charge on any atom is -0.294 e. The standard InChI is InChI=1S/C13H21BrClN3/c1-10-13(14)12(17(2)16-10)9-18-8-4-3-5-11(18)6-7-15/h11H,3-9H2,1-2H3. The van der Waals surface area contributed by atoms with Crippen molar-refractivity contribution in [3.63, 3.8) is 0 Å². The third-order valence-electron chi connectivity index (χ3n) is 3.81. The smallest absolute Gasteiger partial charge is 0.0739 e. The van der Waals surface area contributed by atoms with Gasteiger partial charge in [0.05, 0.1) is 15.9 Å². The molecule has 102 valence electrons. The fourth-order valence-electron chi connectivity index (χ4n) is 2.77. The van der Waals surface area contributed by atoms with Gasteiger partial charge < -0.3 is 0 Å². The quantitative estimate of drug-likeness (QED) is 0.786. The Kier molecular flexibility index (Phi) is 5.10. The van der Waals surface area contributed by atoms with Crippen LogP contribution in [-0.2, 0) is 13.6 Å². The predicted molar refractivity (Wildman–Crippen MR) is 79.0 cm³/mol. The number of alkyl halides is 1. The van der Waals surface area contributed by atoms with Crippen LogP contribution in [0, 0.1) is 6.92 Å². The molecule has 18 heavy (non-hydrogen) atoms. The molecule has 2 heterocycles. The van der Waals surface area contributed by atoms with Crippen LogP contribution in [-0.4, -0.2) is 33.1 Å². The first-order chi connectivity index (χ1) is 8.63. The van der Waals surface area contributed by atoms with Gasteiger partial charge in [0.2, 0.25) is 0 Å². The van der Waals surface area contributed by atoms with Crippen LogP contribution >= 0.6 is 27.5 Å². The molecule has 0 N–H and O–H groups in total. The highest BCUT2D eigenvalue weighted by molar-refractivity contribution is 9.10. The fraction of sp³-hybridized carbons (Fsp3) is 0.769. The lowest BCUT2D eigenvalue weighted by Gasteiger charge is -2.35. The Morgan fingerprint density at radius 2 is 2.22 bits per heavy atom. The molecule has 1 saturated heterocycles. The van der Waals surface area contributed by atoms with Gasteiger partial charge in [-0.25, -0.2) is 0 Å². The van der Waals surface area contributed by atoms with Crippen molar-refractivity contribution in [1.29, 1.82) is 0 Å². The van der Waals surface area contributed by atoms with Gasteiger partial charge in [-0.3, -0.25) is 9.58 Å². The topological polar surface area (TPSA) is 21.1 Å². The average molecular weight is 335 g/mol. The van der Waals surface area contributed by atoms with Gasteiger partial charge in [-0.1, -0.05) is 6.42 Å². The molecular weight excluding hydrogens is 314 g/mol. The highest BCUT2D eigenvalue weighted by atomic mass is 79.9. The van der Waals surface area contributed by atoms with E-state index in [1.165, 1.54) is 31.5 Å². The van der Waals surface area contributed by atoms with Crippen LogP contribution in [0.4, 0.5) is 0 Å². The van der Waals surface area contributed by atoms with E-state index in [4.69, 9.17) is 11.6 Å². The average Bonchev–Trinajstić information content (AvgIpc) is 2.59. The van der Waals surface area contributed by atoms with Crippen LogP contribution in [0.25, 0.3) is 0 Å². The van der Waals surface area contributed by atoms with E-state index in [-0.39, 0.29) is 0 Å². The van der Waals surface area contributed by atoms with Gasteiger partial charge in [0.15, 0.2) is 0 Å². The van der Waals surface area contributed by atoms with E-state index in [9.17, 15) is 0 Å². The predicted octanol–water partition coefficient (Wildman–Crippen LogP) is 3.47. The summed E-state index contributed by atoms with van der Waals surface area (Å²) < 4.78 is 3.14. The summed E-state index contributed by atoms with van der Waals surface area (Å²) in [7, 11) is 2.02. The lowest BCUT2D eigenvalue weighted by atomic mass is 10.00. The number of piperidine rings is 1. The maximum atomic E-state index is 5.92. The van der Waals surface area contributed by atoms with Crippen molar-refractivity contribution in [2.24, 2.45) is 7.05 Å². The summed E-state index contributed by atoms with van der Waals surface area (Å²) >= 11 is 9.57. The Balaban J connectivity index is 2.10. The number of aryl methyl sites for hydroxylation is 2. The fourth-order valence-corrected chi connectivity index (χ4v) is 3.48. The summed E-state index contributed by atoms with van der Waals surface area (Å²) in [5.41, 5.74) is 2.34. The van der Waals surface area contributed by atoms with Crippen LogP contribution in [0.1, 0.15) is 37.1 Å². The van der Waals surface area contributed by atoms with Gasteiger partial charge >= 0.3 is 0 Å². The zero-order chi connectivity index (χ0) is 13.1. The summed E-state index contributed by atoms with van der Waals surface area (Å²) in [4.78, 5) is 2.56. The van der Waals surface area contributed by atoms with Crippen molar-refractivity contribution in [3.8, 4) is 0 Å². The van der Waals surface area contributed by atoms with Crippen LogP contribution < -0.4 is 0 Å². The highest BCUT2D eigenvalue weighted by Crippen LogP contribution is 2.26. The van der Waals surface area contributed by atoms with Gasteiger partial charge in [-0.05, 0) is 48.7 Å². The van der Waals surface area contributed by atoms with Crippen molar-refractivity contribution >= 4 is 27.5 Å². The van der Waals surface area contributed by atoms with Crippen molar-refractivity contribution < 1.29 is 0 Å². The molecule has 3 nitrogen and oxygen atoms in total. The SMILES string of the molecule is Cc1nn(C)c(CN2CCCCC2CCCl)c1Br. The molecule has 1 aromatic rings. The third kappa shape index (κ3) is 3.09. The normalized spacial score (nSPS) is 21.4. The molecule has 0 aromatic carbocycles. The minimum absolute atomic E-state index is 0.637. The molecule has 0 bridgehead atoms. The second-order valence-electron chi connectivity index (χ2n) is 5.07. The molecule has 0 spiro atoms. The van der Waals surface area contributed by atoms with Crippen LogP contribution in [0.15, 0.2) is 4.47 Å². The van der Waals surface area contributed by atoms with E-state index < -0.39 is 0 Å². The molecule has 1 unspecified atom stereocenters. The summed E-state index contributed by atoms with van der Waals surface area (Å²) in [6, 6.07) is 0.637. The van der Waals surface area contributed by atoms with E-state index in [0.29, 0.717) is 6.04 Å². The Hall–Kier alpha value is -0.0600. The van der Waals surface area contributed by atoms with E-state index >= 15 is 0 Å². The number of hydrogen-bond donors (Lipinski definition) is 0. The van der Waals surface area contributed by atoms with E-state index in [2.05, 4.69) is 25.9 Å². The minimum atomic E-state index is 0.637. The molecule has 2 rings (SSSR count). The van der Waals surface area contributed by atoms with Gasteiger partial charge in [-0.15, -0.1) is 11.6 Å². The number of rotatable bonds is 4. The lowest BCUT2D eigenvalue weighted by molar-refractivity contribution is 0.133. The van der Waals surface area contributed by atoms with Crippen LogP contribution in [0.5, 0.6) is 0 Å². The first-order valence-electron chi connectivity index (χ1n) is 6.61.